The molecule has 8 heteroatoms. The number of methoxy groups -OCH3 is 2. The Morgan fingerprint density at radius 2 is 2.19 bits per heavy atom. The fourth-order valence-corrected chi connectivity index (χ4v) is 4.10. The van der Waals surface area contributed by atoms with Crippen LogP contribution in [0.2, 0.25) is 0 Å². The first-order valence-electron chi connectivity index (χ1n) is 8.57. The van der Waals surface area contributed by atoms with Crippen molar-refractivity contribution in [3.05, 3.63) is 23.8 Å². The maximum absolute atomic E-state index is 12.8. The van der Waals surface area contributed by atoms with Crippen molar-refractivity contribution in [2.24, 2.45) is 5.92 Å². The molecule has 1 saturated heterocycles. The Kier molecular flexibility index (Phi) is 5.24. The highest BCUT2D eigenvalue weighted by Gasteiger charge is 2.59. The fraction of sp³-hybridized carbons (Fsp3) is 0.556. The smallest absolute Gasteiger partial charge is 0.317 e. The molecule has 0 unspecified atom stereocenters. The number of fused-ring (bicyclic) bond motifs is 4. The van der Waals surface area contributed by atoms with E-state index in [4.69, 9.17) is 31.2 Å². The lowest BCUT2D eigenvalue weighted by Gasteiger charge is -2.55. The highest BCUT2D eigenvalue weighted by atomic mass is 32.1. The molecule has 26 heavy (non-hydrogen) atoms. The number of benzene rings is 1. The van der Waals surface area contributed by atoms with Crippen LogP contribution < -0.4 is 14.8 Å². The van der Waals surface area contributed by atoms with Gasteiger partial charge in [-0.3, -0.25) is 4.79 Å². The van der Waals surface area contributed by atoms with Gasteiger partial charge in [0.2, 0.25) is 0 Å². The van der Waals surface area contributed by atoms with E-state index in [9.17, 15) is 4.79 Å². The van der Waals surface area contributed by atoms with Crippen LogP contribution in [0.15, 0.2) is 18.2 Å². The third-order valence-electron chi connectivity index (χ3n) is 4.90. The van der Waals surface area contributed by atoms with E-state index in [0.29, 0.717) is 36.4 Å². The molecule has 2 aliphatic rings. The molecule has 2 aliphatic heterocycles. The van der Waals surface area contributed by atoms with Gasteiger partial charge in [-0.05, 0) is 32.1 Å². The molecular formula is C18H24N2O5S. The van der Waals surface area contributed by atoms with Crippen LogP contribution in [0, 0.1) is 5.92 Å². The van der Waals surface area contributed by atoms with Crippen molar-refractivity contribution in [1.82, 2.24) is 10.2 Å². The zero-order valence-corrected chi connectivity index (χ0v) is 16.2. The lowest BCUT2D eigenvalue weighted by molar-refractivity contribution is -0.176. The molecule has 1 aromatic carbocycles. The van der Waals surface area contributed by atoms with E-state index in [2.05, 4.69) is 5.32 Å². The predicted octanol–water partition coefficient (Wildman–Crippen LogP) is 1.86. The average molecular weight is 380 g/mol. The van der Waals surface area contributed by atoms with Crippen molar-refractivity contribution < 1.29 is 23.7 Å². The molecule has 0 saturated carbocycles. The SMILES string of the molecule is CCOC(=O)[C@@H]1[C@H]2NC(=S)N(CCOC)[C@@]1(C)Oc1c(OC)cccc12. The van der Waals surface area contributed by atoms with E-state index in [1.165, 1.54) is 0 Å². The summed E-state index contributed by atoms with van der Waals surface area (Å²) in [4.78, 5) is 14.7. The van der Waals surface area contributed by atoms with Gasteiger partial charge < -0.3 is 29.2 Å². The molecule has 1 N–H and O–H groups in total. The van der Waals surface area contributed by atoms with E-state index in [-0.39, 0.29) is 12.0 Å². The zero-order chi connectivity index (χ0) is 18.9. The first kappa shape index (κ1) is 18.7. The zero-order valence-electron chi connectivity index (χ0n) is 15.4. The second-order valence-corrected chi connectivity index (χ2v) is 6.72. The van der Waals surface area contributed by atoms with Crippen molar-refractivity contribution in [2.45, 2.75) is 25.6 Å². The summed E-state index contributed by atoms with van der Waals surface area (Å²) in [6.45, 7) is 4.87. The molecule has 1 fully saturated rings. The van der Waals surface area contributed by atoms with Gasteiger partial charge in [0.1, 0.15) is 5.92 Å². The van der Waals surface area contributed by atoms with Crippen LogP contribution >= 0.6 is 12.2 Å². The van der Waals surface area contributed by atoms with Gasteiger partial charge in [0.05, 0.1) is 26.4 Å². The number of hydrogen-bond acceptors (Lipinski definition) is 6. The van der Waals surface area contributed by atoms with Gasteiger partial charge in [-0.1, -0.05) is 12.1 Å². The van der Waals surface area contributed by atoms with E-state index >= 15 is 0 Å². The van der Waals surface area contributed by atoms with E-state index < -0.39 is 11.6 Å². The van der Waals surface area contributed by atoms with Crippen LogP contribution in [0.1, 0.15) is 25.5 Å². The third kappa shape index (κ3) is 2.87. The van der Waals surface area contributed by atoms with Gasteiger partial charge in [0.25, 0.3) is 0 Å². The average Bonchev–Trinajstić information content (AvgIpc) is 2.60. The third-order valence-corrected chi connectivity index (χ3v) is 5.24. The van der Waals surface area contributed by atoms with Crippen LogP contribution in [-0.4, -0.2) is 55.7 Å². The molecule has 7 nitrogen and oxygen atoms in total. The highest BCUT2D eigenvalue weighted by molar-refractivity contribution is 7.80. The van der Waals surface area contributed by atoms with Crippen molar-refractivity contribution in [3.63, 3.8) is 0 Å². The first-order valence-corrected chi connectivity index (χ1v) is 8.98. The molecule has 1 aromatic rings. The number of carbonyl (C=O) groups excluding carboxylic acids is 1. The molecule has 2 bridgehead atoms. The molecule has 0 spiro atoms. The Bertz CT molecular complexity index is 713. The second kappa shape index (κ2) is 7.28. The monoisotopic (exact) mass is 380 g/mol. The predicted molar refractivity (Wildman–Crippen MR) is 99.2 cm³/mol. The molecule has 0 aliphatic carbocycles. The summed E-state index contributed by atoms with van der Waals surface area (Å²) in [5.74, 6) is 0.305. The summed E-state index contributed by atoms with van der Waals surface area (Å²) in [5.41, 5.74) is -0.187. The summed E-state index contributed by atoms with van der Waals surface area (Å²) < 4.78 is 22.4. The largest absolute Gasteiger partial charge is 0.493 e. The summed E-state index contributed by atoms with van der Waals surface area (Å²) in [7, 11) is 3.21. The molecular weight excluding hydrogens is 356 g/mol. The van der Waals surface area contributed by atoms with Gasteiger partial charge >= 0.3 is 5.97 Å². The Balaban J connectivity index is 2.12. The minimum atomic E-state index is -1.01. The quantitative estimate of drug-likeness (QED) is 0.592. The summed E-state index contributed by atoms with van der Waals surface area (Å²) in [5, 5.41) is 3.81. The highest BCUT2D eigenvalue weighted by Crippen LogP contribution is 2.51. The molecule has 2 heterocycles. The number of hydrogen-bond donors (Lipinski definition) is 1. The number of nitrogens with zero attached hydrogens (tertiary/aromatic N) is 1. The van der Waals surface area contributed by atoms with Crippen LogP contribution in [0.25, 0.3) is 0 Å². The summed E-state index contributed by atoms with van der Waals surface area (Å²) >= 11 is 5.56. The topological polar surface area (TPSA) is 69.3 Å². The number of carbonyl (C=O) groups is 1. The molecule has 142 valence electrons. The van der Waals surface area contributed by atoms with E-state index in [1.54, 1.807) is 21.1 Å². The van der Waals surface area contributed by atoms with Crippen molar-refractivity contribution in [2.75, 3.05) is 34.0 Å². The van der Waals surface area contributed by atoms with Crippen molar-refractivity contribution in [3.8, 4) is 11.5 Å². The van der Waals surface area contributed by atoms with Crippen LogP contribution in [0.4, 0.5) is 0 Å². The van der Waals surface area contributed by atoms with Gasteiger partial charge in [0.15, 0.2) is 22.3 Å². The Morgan fingerprint density at radius 1 is 1.42 bits per heavy atom. The Labute approximate surface area is 158 Å². The molecule has 0 amide bonds. The molecule has 3 atom stereocenters. The lowest BCUT2D eigenvalue weighted by Crippen LogP contribution is -2.71. The summed E-state index contributed by atoms with van der Waals surface area (Å²) in [6.07, 6.45) is 0. The number of esters is 1. The van der Waals surface area contributed by atoms with Crippen LogP contribution in [0.5, 0.6) is 11.5 Å². The van der Waals surface area contributed by atoms with Gasteiger partial charge in [-0.25, -0.2) is 0 Å². The van der Waals surface area contributed by atoms with Crippen LogP contribution in [0.3, 0.4) is 0 Å². The fourth-order valence-electron chi connectivity index (χ4n) is 3.70. The second-order valence-electron chi connectivity index (χ2n) is 6.34. The maximum Gasteiger partial charge on any atom is 0.317 e. The van der Waals surface area contributed by atoms with Crippen LogP contribution in [-0.2, 0) is 14.3 Å². The molecule has 0 radical (unpaired) electrons. The molecule has 0 aromatic heterocycles. The Morgan fingerprint density at radius 3 is 2.85 bits per heavy atom. The van der Waals surface area contributed by atoms with Crippen molar-refractivity contribution in [1.29, 1.82) is 0 Å². The lowest BCUT2D eigenvalue weighted by atomic mass is 9.79. The summed E-state index contributed by atoms with van der Waals surface area (Å²) in [6, 6.07) is 5.26. The number of para-hydroxylation sites is 1. The maximum atomic E-state index is 12.8. The number of thiocarbonyl (C=S) groups is 1. The van der Waals surface area contributed by atoms with Gasteiger partial charge in [0, 0.05) is 19.2 Å². The molecule has 3 rings (SSSR count). The minimum Gasteiger partial charge on any atom is -0.493 e. The van der Waals surface area contributed by atoms with E-state index in [0.717, 1.165) is 5.56 Å². The van der Waals surface area contributed by atoms with Gasteiger partial charge in [-0.2, -0.15) is 0 Å². The minimum absolute atomic E-state index is 0.297. The number of nitrogens with one attached hydrogen (secondary N) is 1. The number of ether oxygens (including phenoxy) is 4. The Hall–Kier alpha value is -2.06. The van der Waals surface area contributed by atoms with Crippen molar-refractivity contribution >= 4 is 23.3 Å². The van der Waals surface area contributed by atoms with E-state index in [1.807, 2.05) is 30.0 Å². The number of rotatable bonds is 6. The normalized spacial score (nSPS) is 26.5. The first-order chi connectivity index (χ1) is 12.5. The standard InChI is InChI=1S/C18H24N2O5S/c1-5-24-16(21)13-14-11-7-6-8-12(23-4)15(11)25-18(13,2)20(9-10-22-3)17(26)19-14/h6-8,13-14H,5,9-10H2,1-4H3,(H,19,26)/t13-,14-,18-/m0/s1. The van der Waals surface area contributed by atoms with Gasteiger partial charge in [-0.15, -0.1) is 0 Å².